The summed E-state index contributed by atoms with van der Waals surface area (Å²) in [6.07, 6.45) is -0.775. The number of aromatic nitrogens is 2. The normalized spacial score (nSPS) is 21.0. The van der Waals surface area contributed by atoms with E-state index in [2.05, 4.69) is 16.2 Å². The molecule has 0 radical (unpaired) electrons. The fraction of sp³-hybridized carbons (Fsp3) is 0.318. The molecule has 1 aromatic heterocycles. The highest BCUT2D eigenvalue weighted by Crippen LogP contribution is 2.33. The number of fused-ring (bicyclic) bond motifs is 2. The third-order valence-electron chi connectivity index (χ3n) is 5.86. The number of amides is 1. The van der Waals surface area contributed by atoms with Gasteiger partial charge >= 0.3 is 0 Å². The van der Waals surface area contributed by atoms with E-state index in [1.807, 2.05) is 49.2 Å². The molecule has 7 nitrogen and oxygen atoms in total. The molecular formula is C22H23N5O2. The molecule has 148 valence electrons. The highest BCUT2D eigenvalue weighted by molar-refractivity contribution is 6.05. The Kier molecular flexibility index (Phi) is 3.96. The van der Waals surface area contributed by atoms with Gasteiger partial charge in [0.15, 0.2) is 0 Å². The number of carbonyl (C=O) groups excluding carboxylic acids is 1. The largest absolute Gasteiger partial charge is 0.384 e. The van der Waals surface area contributed by atoms with E-state index in [1.165, 1.54) is 5.56 Å². The lowest BCUT2D eigenvalue weighted by Gasteiger charge is -2.19. The Labute approximate surface area is 168 Å². The minimum atomic E-state index is -0.775. The lowest BCUT2D eigenvalue weighted by atomic mass is 10.00. The maximum atomic E-state index is 11.7. The van der Waals surface area contributed by atoms with Gasteiger partial charge in [-0.1, -0.05) is 29.8 Å². The summed E-state index contributed by atoms with van der Waals surface area (Å²) in [5.41, 5.74) is 6.75. The van der Waals surface area contributed by atoms with Crippen LogP contribution < -0.4 is 0 Å². The van der Waals surface area contributed by atoms with Crippen LogP contribution in [0, 0.1) is 6.92 Å². The highest BCUT2D eigenvalue weighted by Gasteiger charge is 2.38. The van der Waals surface area contributed by atoms with Crippen molar-refractivity contribution in [1.29, 1.82) is 0 Å². The van der Waals surface area contributed by atoms with Crippen LogP contribution in [0.3, 0.4) is 0 Å². The molecule has 2 N–H and O–H groups in total. The van der Waals surface area contributed by atoms with Crippen molar-refractivity contribution < 1.29 is 9.90 Å². The number of aliphatic hydroxyl groups excluding tert-OH is 1. The topological polar surface area (TPSA) is 84.8 Å². The maximum absolute atomic E-state index is 11.7. The maximum Gasteiger partial charge on any atom is 0.220 e. The Morgan fingerprint density at radius 3 is 2.55 bits per heavy atom. The van der Waals surface area contributed by atoms with Gasteiger partial charge < -0.3 is 15.0 Å². The van der Waals surface area contributed by atoms with Crippen molar-refractivity contribution in [3.8, 4) is 0 Å². The second-order valence-electron chi connectivity index (χ2n) is 7.95. The first-order chi connectivity index (χ1) is 13.9. The van der Waals surface area contributed by atoms with Gasteiger partial charge in [-0.15, -0.1) is 0 Å². The minimum absolute atomic E-state index is 0.0787. The lowest BCUT2D eigenvalue weighted by Crippen LogP contribution is -2.29. The van der Waals surface area contributed by atoms with E-state index in [9.17, 15) is 9.90 Å². The third-order valence-corrected chi connectivity index (χ3v) is 5.86. The van der Waals surface area contributed by atoms with Crippen LogP contribution in [0.15, 0.2) is 41.5 Å². The Morgan fingerprint density at radius 1 is 1.17 bits per heavy atom. The molecule has 7 heteroatoms. The van der Waals surface area contributed by atoms with Crippen molar-refractivity contribution in [3.05, 3.63) is 64.5 Å². The van der Waals surface area contributed by atoms with Gasteiger partial charge in [0.2, 0.25) is 5.91 Å². The number of aliphatic hydroxyl groups is 1. The van der Waals surface area contributed by atoms with E-state index in [1.54, 1.807) is 11.9 Å². The Bertz CT molecular complexity index is 1100. The zero-order valence-electron chi connectivity index (χ0n) is 16.7. The van der Waals surface area contributed by atoms with Crippen LogP contribution in [0.5, 0.6) is 0 Å². The summed E-state index contributed by atoms with van der Waals surface area (Å²) in [6.45, 7) is 4.88. The number of rotatable bonds is 2. The summed E-state index contributed by atoms with van der Waals surface area (Å²) >= 11 is 0. The van der Waals surface area contributed by atoms with Gasteiger partial charge in [0.25, 0.3) is 0 Å². The van der Waals surface area contributed by atoms with Gasteiger partial charge in [0.1, 0.15) is 18.0 Å². The number of hydrogen-bond acceptors (Lipinski definition) is 5. The van der Waals surface area contributed by atoms with E-state index >= 15 is 0 Å². The van der Waals surface area contributed by atoms with E-state index in [-0.39, 0.29) is 11.9 Å². The van der Waals surface area contributed by atoms with Crippen molar-refractivity contribution in [2.75, 3.05) is 7.05 Å². The zero-order chi connectivity index (χ0) is 20.3. The molecule has 0 fully saturated rings. The smallest absolute Gasteiger partial charge is 0.220 e. The summed E-state index contributed by atoms with van der Waals surface area (Å²) in [5, 5.41) is 17.4. The van der Waals surface area contributed by atoms with Crippen LogP contribution in [0.1, 0.15) is 41.0 Å². The molecule has 5 rings (SSSR count). The number of likely N-dealkylation sites (N-methyl/N-ethyl adjacent to an activating group) is 1. The number of nitrogens with one attached hydrogen (secondary N) is 1. The molecule has 2 aliphatic rings. The zero-order valence-corrected chi connectivity index (χ0v) is 16.7. The minimum Gasteiger partial charge on any atom is -0.384 e. The van der Waals surface area contributed by atoms with Gasteiger partial charge in [0, 0.05) is 32.6 Å². The van der Waals surface area contributed by atoms with Gasteiger partial charge in [-0.3, -0.25) is 9.80 Å². The number of hydrazone groups is 1. The fourth-order valence-corrected chi connectivity index (χ4v) is 4.21. The molecule has 0 saturated heterocycles. The van der Waals surface area contributed by atoms with Crippen molar-refractivity contribution in [2.45, 2.75) is 39.1 Å². The Morgan fingerprint density at radius 2 is 1.86 bits per heavy atom. The SMILES string of the molecule is CC(=O)N1Cc2cc3nc(C4C(O)C(c5ccc(C)cc5)=NN4C)[nH]c3cc2C1. The molecule has 0 bridgehead atoms. The lowest BCUT2D eigenvalue weighted by molar-refractivity contribution is -0.129. The van der Waals surface area contributed by atoms with Gasteiger partial charge in [-0.2, -0.15) is 5.10 Å². The number of aryl methyl sites for hydroxylation is 1. The van der Waals surface area contributed by atoms with E-state index < -0.39 is 6.10 Å². The summed E-state index contributed by atoms with van der Waals surface area (Å²) in [7, 11) is 1.85. The quantitative estimate of drug-likeness (QED) is 0.705. The summed E-state index contributed by atoms with van der Waals surface area (Å²) in [6, 6.07) is 11.7. The Hall–Kier alpha value is -3.19. The molecule has 2 aliphatic heterocycles. The second-order valence-corrected chi connectivity index (χ2v) is 7.95. The second kappa shape index (κ2) is 6.42. The number of carbonyl (C=O) groups is 1. The van der Waals surface area contributed by atoms with Gasteiger partial charge in [-0.05, 0) is 30.2 Å². The van der Waals surface area contributed by atoms with Crippen molar-refractivity contribution in [3.63, 3.8) is 0 Å². The molecule has 3 heterocycles. The average molecular weight is 389 g/mol. The Balaban J connectivity index is 1.46. The highest BCUT2D eigenvalue weighted by atomic mass is 16.3. The first kappa shape index (κ1) is 17.9. The van der Waals surface area contributed by atoms with Crippen LogP contribution in [0.25, 0.3) is 11.0 Å². The molecule has 0 spiro atoms. The van der Waals surface area contributed by atoms with Crippen LogP contribution in [0.4, 0.5) is 0 Å². The number of imidazole rings is 1. The molecule has 0 saturated carbocycles. The number of hydrogen-bond donors (Lipinski definition) is 2. The predicted octanol–water partition coefficient (Wildman–Crippen LogP) is 2.49. The summed E-state index contributed by atoms with van der Waals surface area (Å²) < 4.78 is 0. The summed E-state index contributed by atoms with van der Waals surface area (Å²) in [5.74, 6) is 0.767. The molecule has 2 atom stereocenters. The molecule has 29 heavy (non-hydrogen) atoms. The molecule has 1 amide bonds. The number of H-pyrrole nitrogens is 1. The van der Waals surface area contributed by atoms with Gasteiger partial charge in [-0.25, -0.2) is 4.98 Å². The van der Waals surface area contributed by atoms with Crippen molar-refractivity contribution in [2.24, 2.45) is 5.10 Å². The third kappa shape index (κ3) is 2.89. The van der Waals surface area contributed by atoms with Crippen molar-refractivity contribution in [1.82, 2.24) is 19.9 Å². The van der Waals surface area contributed by atoms with E-state index in [4.69, 9.17) is 4.98 Å². The number of aromatic amines is 1. The van der Waals surface area contributed by atoms with Crippen LogP contribution in [-0.2, 0) is 17.9 Å². The molecule has 2 unspecified atom stereocenters. The first-order valence-corrected chi connectivity index (χ1v) is 9.74. The monoisotopic (exact) mass is 389 g/mol. The first-order valence-electron chi connectivity index (χ1n) is 9.74. The number of benzene rings is 2. The molecule has 2 aromatic carbocycles. The van der Waals surface area contributed by atoms with Crippen LogP contribution in [0.2, 0.25) is 0 Å². The van der Waals surface area contributed by atoms with Crippen LogP contribution >= 0.6 is 0 Å². The van der Waals surface area contributed by atoms with Gasteiger partial charge in [0.05, 0.1) is 16.7 Å². The van der Waals surface area contributed by atoms with Crippen LogP contribution in [-0.4, -0.2) is 49.8 Å². The molecule has 0 aliphatic carbocycles. The average Bonchev–Trinajstić information content (AvgIpc) is 3.35. The number of nitrogens with zero attached hydrogens (tertiary/aromatic N) is 4. The van der Waals surface area contributed by atoms with E-state index in [0.717, 1.165) is 27.7 Å². The van der Waals surface area contributed by atoms with E-state index in [0.29, 0.717) is 24.6 Å². The molecular weight excluding hydrogens is 366 g/mol. The predicted molar refractivity (Wildman–Crippen MR) is 110 cm³/mol. The standard InChI is InChI=1S/C22H23N5O2/c1-12-4-6-14(7-5-12)19-21(29)20(26(3)25-19)22-23-17-8-15-10-27(13(2)28)11-16(15)9-18(17)24-22/h4-9,20-21,29H,10-11H2,1-3H3,(H,23,24). The molecule has 3 aromatic rings. The van der Waals surface area contributed by atoms with Crippen molar-refractivity contribution >= 4 is 22.7 Å². The fourth-order valence-electron chi connectivity index (χ4n) is 4.21. The summed E-state index contributed by atoms with van der Waals surface area (Å²) in [4.78, 5) is 21.6.